The summed E-state index contributed by atoms with van der Waals surface area (Å²) >= 11 is 0. The molecule has 0 unspecified atom stereocenters. The highest BCUT2D eigenvalue weighted by Crippen LogP contribution is 2.51. The number of para-hydroxylation sites is 1. The van der Waals surface area contributed by atoms with Gasteiger partial charge < -0.3 is 14.7 Å². The van der Waals surface area contributed by atoms with Crippen molar-refractivity contribution in [2.45, 2.75) is 18.4 Å². The van der Waals surface area contributed by atoms with Gasteiger partial charge in [-0.05, 0) is 51.0 Å². The first kappa shape index (κ1) is 13.7. The van der Waals surface area contributed by atoms with Crippen molar-refractivity contribution in [1.29, 1.82) is 0 Å². The van der Waals surface area contributed by atoms with Crippen LogP contribution in [0.1, 0.15) is 24.0 Å². The van der Waals surface area contributed by atoms with Gasteiger partial charge in [0, 0.05) is 23.5 Å². The van der Waals surface area contributed by atoms with Gasteiger partial charge in [-0.3, -0.25) is 4.98 Å². The van der Waals surface area contributed by atoms with Crippen LogP contribution in [0.5, 0.6) is 11.5 Å². The molecule has 1 N–H and O–H groups in total. The second-order valence-corrected chi connectivity index (χ2v) is 6.31. The van der Waals surface area contributed by atoms with Crippen LogP contribution in [0.15, 0.2) is 42.7 Å². The minimum Gasteiger partial charge on any atom is -0.456 e. The maximum Gasteiger partial charge on any atom is 0.136 e. The van der Waals surface area contributed by atoms with Gasteiger partial charge in [0.05, 0.1) is 0 Å². The van der Waals surface area contributed by atoms with Crippen molar-refractivity contribution >= 4 is 0 Å². The second kappa shape index (κ2) is 5.07. The molecule has 114 valence electrons. The van der Waals surface area contributed by atoms with Gasteiger partial charge in [-0.1, -0.05) is 18.2 Å². The average Bonchev–Trinajstić information content (AvgIpc) is 2.56. The zero-order valence-corrected chi connectivity index (χ0v) is 12.7. The fourth-order valence-corrected chi connectivity index (χ4v) is 3.76. The van der Waals surface area contributed by atoms with E-state index in [1.807, 2.05) is 30.3 Å². The van der Waals surface area contributed by atoms with Crippen molar-refractivity contribution in [3.05, 3.63) is 53.9 Å². The molecule has 1 fully saturated rings. The molecule has 0 amide bonds. The fraction of sp³-hybridized carbons (Fsp3) is 0.389. The van der Waals surface area contributed by atoms with E-state index in [0.29, 0.717) is 0 Å². The zero-order chi connectivity index (χ0) is 15.2. The summed E-state index contributed by atoms with van der Waals surface area (Å²) < 4.78 is 5.97. The van der Waals surface area contributed by atoms with Crippen LogP contribution in [-0.2, 0) is 5.60 Å². The van der Waals surface area contributed by atoms with Crippen LogP contribution >= 0.6 is 0 Å². The molecule has 0 saturated carbocycles. The van der Waals surface area contributed by atoms with Crippen molar-refractivity contribution in [3.8, 4) is 11.5 Å². The molecule has 1 atom stereocenters. The van der Waals surface area contributed by atoms with Crippen molar-refractivity contribution in [2.75, 3.05) is 20.1 Å². The summed E-state index contributed by atoms with van der Waals surface area (Å²) in [5.74, 6) is 1.65. The number of fused-ring (bicyclic) bond motifs is 2. The molecule has 0 radical (unpaired) electrons. The van der Waals surface area contributed by atoms with Crippen LogP contribution < -0.4 is 4.74 Å². The number of nitrogens with zero attached hydrogens (tertiary/aromatic N) is 2. The van der Waals surface area contributed by atoms with Gasteiger partial charge in [0.2, 0.25) is 0 Å². The number of aromatic nitrogens is 1. The number of piperidine rings is 1. The summed E-state index contributed by atoms with van der Waals surface area (Å²) in [4.78, 5) is 6.54. The first-order valence-electron chi connectivity index (χ1n) is 7.82. The SMILES string of the molecule is CN1CCC([C@]2(O)c3ccccc3Oc3ccncc32)CC1. The summed E-state index contributed by atoms with van der Waals surface area (Å²) in [5.41, 5.74) is 0.646. The summed E-state index contributed by atoms with van der Waals surface area (Å²) in [6.45, 7) is 2.01. The molecule has 2 aromatic rings. The lowest BCUT2D eigenvalue weighted by Gasteiger charge is -2.44. The molecule has 0 spiro atoms. The maximum absolute atomic E-state index is 11.7. The van der Waals surface area contributed by atoms with Gasteiger partial charge in [-0.15, -0.1) is 0 Å². The molecule has 4 rings (SSSR count). The van der Waals surface area contributed by atoms with Crippen LogP contribution in [0, 0.1) is 5.92 Å². The number of aliphatic hydroxyl groups is 1. The van der Waals surface area contributed by atoms with E-state index in [9.17, 15) is 5.11 Å². The molecule has 0 aliphatic carbocycles. The topological polar surface area (TPSA) is 45.6 Å². The number of ether oxygens (including phenoxy) is 1. The molecule has 4 nitrogen and oxygen atoms in total. The highest BCUT2D eigenvalue weighted by atomic mass is 16.5. The fourth-order valence-electron chi connectivity index (χ4n) is 3.76. The van der Waals surface area contributed by atoms with Gasteiger partial charge >= 0.3 is 0 Å². The van der Waals surface area contributed by atoms with Crippen molar-refractivity contribution in [1.82, 2.24) is 9.88 Å². The Hall–Kier alpha value is -1.91. The van der Waals surface area contributed by atoms with Gasteiger partial charge in [0.25, 0.3) is 0 Å². The number of hydrogen-bond acceptors (Lipinski definition) is 4. The van der Waals surface area contributed by atoms with Gasteiger partial charge in [-0.2, -0.15) is 0 Å². The summed E-state index contributed by atoms with van der Waals surface area (Å²) in [5, 5.41) is 11.7. The molecule has 22 heavy (non-hydrogen) atoms. The van der Waals surface area contributed by atoms with Crippen molar-refractivity contribution < 1.29 is 9.84 Å². The second-order valence-electron chi connectivity index (χ2n) is 6.31. The third-order valence-electron chi connectivity index (χ3n) is 5.02. The van der Waals surface area contributed by atoms with Crippen molar-refractivity contribution in [2.24, 2.45) is 5.92 Å². The van der Waals surface area contributed by atoms with Gasteiger partial charge in [-0.25, -0.2) is 0 Å². The Kier molecular flexibility index (Phi) is 3.17. The van der Waals surface area contributed by atoms with Crippen LogP contribution in [0.25, 0.3) is 0 Å². The van der Waals surface area contributed by atoms with E-state index in [2.05, 4.69) is 16.9 Å². The number of pyridine rings is 1. The third kappa shape index (κ3) is 1.95. The minimum atomic E-state index is -1.01. The molecule has 1 saturated heterocycles. The predicted octanol–water partition coefficient (Wildman–Crippen LogP) is 2.77. The third-order valence-corrected chi connectivity index (χ3v) is 5.02. The lowest BCUT2D eigenvalue weighted by molar-refractivity contribution is -0.0180. The van der Waals surface area contributed by atoms with Crippen LogP contribution in [0.3, 0.4) is 0 Å². The van der Waals surface area contributed by atoms with E-state index >= 15 is 0 Å². The Bertz CT molecular complexity index is 647. The van der Waals surface area contributed by atoms with E-state index in [-0.39, 0.29) is 5.92 Å². The smallest absolute Gasteiger partial charge is 0.136 e. The normalized spacial score (nSPS) is 25.2. The molecule has 0 bridgehead atoms. The summed E-state index contributed by atoms with van der Waals surface area (Å²) in [7, 11) is 2.13. The Labute approximate surface area is 130 Å². The Balaban J connectivity index is 1.87. The highest BCUT2D eigenvalue weighted by Gasteiger charge is 2.47. The number of benzene rings is 1. The highest BCUT2D eigenvalue weighted by molar-refractivity contribution is 5.55. The maximum atomic E-state index is 11.7. The van der Waals surface area contributed by atoms with Crippen LogP contribution in [0.2, 0.25) is 0 Å². The van der Waals surface area contributed by atoms with Gasteiger partial charge in [0.15, 0.2) is 0 Å². The number of likely N-dealkylation sites (tertiary alicyclic amines) is 1. The van der Waals surface area contributed by atoms with Gasteiger partial charge in [0.1, 0.15) is 17.1 Å². The average molecular weight is 296 g/mol. The standard InChI is InChI=1S/C18H20N2O2/c1-20-10-7-13(8-11-20)18(21)14-4-2-3-5-16(14)22-17-6-9-19-12-15(17)18/h2-6,9,12-13,21H,7-8,10-11H2,1H3/t18-/m0/s1. The van der Waals surface area contributed by atoms with E-state index in [4.69, 9.17) is 4.74 Å². The molecule has 2 aliphatic rings. The Morgan fingerprint density at radius 3 is 2.68 bits per heavy atom. The van der Waals surface area contributed by atoms with Crippen LogP contribution in [-0.4, -0.2) is 35.1 Å². The van der Waals surface area contributed by atoms with E-state index < -0.39 is 5.60 Å². The molecule has 1 aromatic heterocycles. The predicted molar refractivity (Wildman–Crippen MR) is 84.0 cm³/mol. The molecular weight excluding hydrogens is 276 g/mol. The van der Waals surface area contributed by atoms with E-state index in [0.717, 1.165) is 48.6 Å². The lowest BCUT2D eigenvalue weighted by atomic mass is 9.71. The monoisotopic (exact) mass is 296 g/mol. The molecule has 4 heteroatoms. The minimum absolute atomic E-state index is 0.177. The lowest BCUT2D eigenvalue weighted by Crippen LogP contribution is -2.44. The molecular formula is C18H20N2O2. The first-order chi connectivity index (χ1) is 10.7. The van der Waals surface area contributed by atoms with Crippen LogP contribution in [0.4, 0.5) is 0 Å². The first-order valence-corrected chi connectivity index (χ1v) is 7.82. The summed E-state index contributed by atoms with van der Waals surface area (Å²) in [6.07, 6.45) is 5.40. The Morgan fingerprint density at radius 1 is 1.14 bits per heavy atom. The van der Waals surface area contributed by atoms with E-state index in [1.54, 1.807) is 12.4 Å². The van der Waals surface area contributed by atoms with Crippen molar-refractivity contribution in [3.63, 3.8) is 0 Å². The summed E-state index contributed by atoms with van der Waals surface area (Å²) in [6, 6.07) is 9.65. The molecule has 3 heterocycles. The zero-order valence-electron chi connectivity index (χ0n) is 12.7. The number of rotatable bonds is 1. The number of hydrogen-bond donors (Lipinski definition) is 1. The van der Waals surface area contributed by atoms with E-state index in [1.165, 1.54) is 0 Å². The molecule has 1 aromatic carbocycles. The largest absolute Gasteiger partial charge is 0.456 e. The molecule has 2 aliphatic heterocycles. The Morgan fingerprint density at radius 2 is 1.86 bits per heavy atom. The quantitative estimate of drug-likeness (QED) is 0.879.